The molecule has 2 N–H and O–H groups in total. The van der Waals surface area contributed by atoms with Crippen molar-refractivity contribution in [3.05, 3.63) is 97.9 Å². The van der Waals surface area contributed by atoms with Crippen molar-refractivity contribution >= 4 is 23.3 Å². The van der Waals surface area contributed by atoms with Gasteiger partial charge < -0.3 is 24.7 Å². The Balaban J connectivity index is 1.71. The highest BCUT2D eigenvalue weighted by Gasteiger charge is 2.32. The van der Waals surface area contributed by atoms with Gasteiger partial charge in [-0.1, -0.05) is 23.7 Å². The van der Waals surface area contributed by atoms with Crippen LogP contribution >= 0.6 is 11.6 Å². The van der Waals surface area contributed by atoms with Crippen molar-refractivity contribution in [1.29, 1.82) is 5.26 Å². The Labute approximate surface area is 222 Å². The quantitative estimate of drug-likeness (QED) is 0.171. The molecule has 11 heteroatoms. The molecule has 194 valence electrons. The summed E-state index contributed by atoms with van der Waals surface area (Å²) >= 11 is 6.06. The van der Waals surface area contributed by atoms with E-state index in [9.17, 15) is 20.2 Å². The minimum atomic E-state index is -0.889. The van der Waals surface area contributed by atoms with Crippen LogP contribution in [0.2, 0.25) is 5.02 Å². The fourth-order valence-electron chi connectivity index (χ4n) is 4.03. The van der Waals surface area contributed by atoms with E-state index in [1.165, 1.54) is 24.3 Å². The van der Waals surface area contributed by atoms with E-state index in [0.29, 0.717) is 35.8 Å². The van der Waals surface area contributed by atoms with Gasteiger partial charge in [-0.2, -0.15) is 5.26 Å². The molecule has 10 nitrogen and oxygen atoms in total. The Morgan fingerprint density at radius 3 is 2.53 bits per heavy atom. The standard InChI is InChI=1S/C27H22ClN3O7/c1-3-35-22-10-5-15(11-24(22)36-4-2)25-18-8-7-17(13-23(18)38-26(30)20(25)14-29)37-27(32)19-12-16(31(33)34)6-9-21(19)28/h5-13,25H,3-4,30H2,1-2H3. The number of allylic oxidation sites excluding steroid dienone is 1. The molecule has 0 spiro atoms. The van der Waals surface area contributed by atoms with Gasteiger partial charge in [0.1, 0.15) is 23.1 Å². The average Bonchev–Trinajstić information content (AvgIpc) is 2.89. The van der Waals surface area contributed by atoms with E-state index >= 15 is 0 Å². The first-order valence-corrected chi connectivity index (χ1v) is 11.9. The Kier molecular flexibility index (Phi) is 7.69. The van der Waals surface area contributed by atoms with Gasteiger partial charge in [0.05, 0.1) is 34.6 Å². The second kappa shape index (κ2) is 11.1. The third-order valence-corrected chi connectivity index (χ3v) is 6.01. The van der Waals surface area contributed by atoms with Crippen LogP contribution in [-0.4, -0.2) is 24.1 Å². The van der Waals surface area contributed by atoms with Gasteiger partial charge in [0.25, 0.3) is 5.69 Å². The number of nitriles is 1. The zero-order valence-electron chi connectivity index (χ0n) is 20.4. The molecule has 1 aliphatic rings. The summed E-state index contributed by atoms with van der Waals surface area (Å²) in [6.07, 6.45) is 0. The number of halogens is 1. The fourth-order valence-corrected chi connectivity index (χ4v) is 4.23. The van der Waals surface area contributed by atoms with Gasteiger partial charge in [-0.3, -0.25) is 10.1 Å². The summed E-state index contributed by atoms with van der Waals surface area (Å²) in [6.45, 7) is 4.60. The lowest BCUT2D eigenvalue weighted by Crippen LogP contribution is -2.21. The van der Waals surface area contributed by atoms with Crippen molar-refractivity contribution < 1.29 is 28.7 Å². The smallest absolute Gasteiger partial charge is 0.345 e. The number of nitrogens with two attached hydrogens (primary N) is 1. The topological polar surface area (TPSA) is 147 Å². The maximum absolute atomic E-state index is 12.7. The lowest BCUT2D eigenvalue weighted by atomic mass is 9.83. The van der Waals surface area contributed by atoms with Crippen LogP contribution in [0.25, 0.3) is 0 Å². The van der Waals surface area contributed by atoms with E-state index in [1.807, 2.05) is 19.9 Å². The highest BCUT2D eigenvalue weighted by atomic mass is 35.5. The molecule has 0 aliphatic carbocycles. The number of carbonyl (C=O) groups is 1. The van der Waals surface area contributed by atoms with Gasteiger partial charge in [0.2, 0.25) is 5.88 Å². The minimum Gasteiger partial charge on any atom is -0.490 e. The number of hydrogen-bond donors (Lipinski definition) is 1. The van der Waals surface area contributed by atoms with Crippen LogP contribution in [0.5, 0.6) is 23.0 Å². The van der Waals surface area contributed by atoms with Gasteiger partial charge >= 0.3 is 5.97 Å². The van der Waals surface area contributed by atoms with Crippen molar-refractivity contribution in [1.82, 2.24) is 0 Å². The van der Waals surface area contributed by atoms with Crippen LogP contribution < -0.4 is 24.7 Å². The second-order valence-electron chi connectivity index (χ2n) is 8.01. The molecule has 0 fully saturated rings. The molecule has 0 bridgehead atoms. The molecule has 1 aliphatic heterocycles. The Hall–Kier alpha value is -4.75. The summed E-state index contributed by atoms with van der Waals surface area (Å²) in [4.78, 5) is 23.2. The average molecular weight is 536 g/mol. The van der Waals surface area contributed by atoms with Gasteiger partial charge in [0, 0.05) is 23.8 Å². The number of benzene rings is 3. The molecule has 1 unspecified atom stereocenters. The third kappa shape index (κ3) is 5.19. The molecule has 1 heterocycles. The lowest BCUT2D eigenvalue weighted by Gasteiger charge is -2.27. The Morgan fingerprint density at radius 2 is 1.84 bits per heavy atom. The number of nitrogens with zero attached hydrogens (tertiary/aromatic N) is 2. The SMILES string of the molecule is CCOc1ccc(C2C(C#N)=C(N)Oc3cc(OC(=O)c4cc([N+](=O)[O-])ccc4Cl)ccc32)cc1OCC. The molecule has 0 amide bonds. The van der Waals surface area contributed by atoms with E-state index in [2.05, 4.69) is 6.07 Å². The van der Waals surface area contributed by atoms with Gasteiger partial charge in [-0.15, -0.1) is 0 Å². The summed E-state index contributed by atoms with van der Waals surface area (Å²) in [7, 11) is 0. The normalized spacial score (nSPS) is 14.1. The van der Waals surface area contributed by atoms with E-state index in [4.69, 9.17) is 36.3 Å². The fraction of sp³-hybridized carbons (Fsp3) is 0.185. The van der Waals surface area contributed by atoms with Crippen molar-refractivity contribution in [3.63, 3.8) is 0 Å². The number of rotatable bonds is 8. The van der Waals surface area contributed by atoms with Crippen LogP contribution in [0.15, 0.2) is 66.1 Å². The maximum atomic E-state index is 12.7. The maximum Gasteiger partial charge on any atom is 0.345 e. The number of nitro groups is 1. The summed E-state index contributed by atoms with van der Waals surface area (Å²) in [5.41, 5.74) is 7.16. The molecule has 0 radical (unpaired) electrons. The summed E-state index contributed by atoms with van der Waals surface area (Å²) in [5.74, 6) is -0.117. The molecule has 0 saturated heterocycles. The van der Waals surface area contributed by atoms with E-state index in [1.54, 1.807) is 18.2 Å². The number of hydrogen-bond acceptors (Lipinski definition) is 9. The highest BCUT2D eigenvalue weighted by molar-refractivity contribution is 6.33. The number of non-ortho nitro benzene ring substituents is 1. The van der Waals surface area contributed by atoms with Crippen molar-refractivity contribution in [2.75, 3.05) is 13.2 Å². The largest absolute Gasteiger partial charge is 0.490 e. The number of fused-ring (bicyclic) bond motifs is 1. The molecule has 0 aromatic heterocycles. The minimum absolute atomic E-state index is 0.00122. The van der Waals surface area contributed by atoms with Gasteiger partial charge in [-0.25, -0.2) is 4.79 Å². The molecule has 4 rings (SSSR count). The zero-order chi connectivity index (χ0) is 27.4. The van der Waals surface area contributed by atoms with Gasteiger partial charge in [-0.05, 0) is 43.7 Å². The molecular weight excluding hydrogens is 514 g/mol. The molecule has 3 aromatic rings. The van der Waals surface area contributed by atoms with Crippen LogP contribution in [0, 0.1) is 21.4 Å². The number of nitro benzene ring substituents is 1. The van der Waals surface area contributed by atoms with E-state index in [0.717, 1.165) is 6.07 Å². The number of esters is 1. The molecule has 1 atom stereocenters. The monoisotopic (exact) mass is 535 g/mol. The highest BCUT2D eigenvalue weighted by Crippen LogP contribution is 2.45. The van der Waals surface area contributed by atoms with Crippen LogP contribution in [0.4, 0.5) is 5.69 Å². The Bertz CT molecular complexity index is 1500. The van der Waals surface area contributed by atoms with E-state index < -0.39 is 16.8 Å². The first-order chi connectivity index (χ1) is 18.3. The molecule has 0 saturated carbocycles. The predicted octanol–water partition coefficient (Wildman–Crippen LogP) is 5.48. The Morgan fingerprint density at radius 1 is 1.11 bits per heavy atom. The van der Waals surface area contributed by atoms with E-state index in [-0.39, 0.29) is 39.2 Å². The summed E-state index contributed by atoms with van der Waals surface area (Å²) in [6, 6.07) is 15.6. The predicted molar refractivity (Wildman–Crippen MR) is 138 cm³/mol. The second-order valence-corrected chi connectivity index (χ2v) is 8.41. The third-order valence-electron chi connectivity index (χ3n) is 5.68. The summed E-state index contributed by atoms with van der Waals surface area (Å²) in [5, 5.41) is 20.9. The summed E-state index contributed by atoms with van der Waals surface area (Å²) < 4.78 is 22.5. The van der Waals surface area contributed by atoms with Crippen LogP contribution in [0.3, 0.4) is 0 Å². The molecule has 38 heavy (non-hydrogen) atoms. The van der Waals surface area contributed by atoms with Crippen molar-refractivity contribution in [2.45, 2.75) is 19.8 Å². The van der Waals surface area contributed by atoms with Crippen molar-refractivity contribution in [3.8, 4) is 29.1 Å². The van der Waals surface area contributed by atoms with Gasteiger partial charge in [0.15, 0.2) is 11.5 Å². The lowest BCUT2D eigenvalue weighted by molar-refractivity contribution is -0.384. The number of carbonyl (C=O) groups excluding carboxylic acids is 1. The first kappa shape index (κ1) is 26.3. The molecule has 3 aromatic carbocycles. The zero-order valence-corrected chi connectivity index (χ0v) is 21.2. The van der Waals surface area contributed by atoms with Crippen LogP contribution in [0.1, 0.15) is 41.3 Å². The van der Waals surface area contributed by atoms with Crippen LogP contribution in [-0.2, 0) is 0 Å². The molecular formula is C27H22ClN3O7. The first-order valence-electron chi connectivity index (χ1n) is 11.5. The van der Waals surface area contributed by atoms with Crippen molar-refractivity contribution in [2.24, 2.45) is 5.73 Å². The number of ether oxygens (including phenoxy) is 4.